The van der Waals surface area contributed by atoms with Crippen LogP contribution in [-0.4, -0.2) is 40.9 Å². The lowest BCUT2D eigenvalue weighted by molar-refractivity contribution is -0.132. The molecule has 2 aromatic carbocycles. The van der Waals surface area contributed by atoms with Crippen LogP contribution in [0.3, 0.4) is 0 Å². The smallest absolute Gasteiger partial charge is 0.387 e. The van der Waals surface area contributed by atoms with Gasteiger partial charge in [-0.3, -0.25) is 9.59 Å². The molecule has 3 aromatic rings. The maximum Gasteiger partial charge on any atom is 0.387 e. The summed E-state index contributed by atoms with van der Waals surface area (Å²) in [6.45, 7) is -2.63. The Hall–Kier alpha value is -3.75. The van der Waals surface area contributed by atoms with E-state index in [0.29, 0.717) is 22.6 Å². The van der Waals surface area contributed by atoms with Crippen molar-refractivity contribution in [2.45, 2.75) is 38.5 Å². The fraction of sp³-hybridized carbons (Fsp3) is 0.292. The van der Waals surface area contributed by atoms with Crippen molar-refractivity contribution in [1.82, 2.24) is 9.88 Å². The van der Waals surface area contributed by atoms with Crippen molar-refractivity contribution in [2.75, 3.05) is 11.4 Å². The van der Waals surface area contributed by atoms with Crippen molar-refractivity contribution in [3.63, 3.8) is 0 Å². The number of amides is 2. The molecule has 1 aliphatic heterocycles. The first-order valence-electron chi connectivity index (χ1n) is 10.7. The zero-order valence-electron chi connectivity index (χ0n) is 17.6. The molecule has 0 unspecified atom stereocenters. The second-order valence-corrected chi connectivity index (χ2v) is 8.02. The van der Waals surface area contributed by atoms with Crippen molar-refractivity contribution < 1.29 is 27.5 Å². The molecule has 9 heteroatoms. The van der Waals surface area contributed by atoms with Gasteiger partial charge in [0.2, 0.25) is 5.91 Å². The van der Waals surface area contributed by atoms with Gasteiger partial charge in [0.25, 0.3) is 5.91 Å². The summed E-state index contributed by atoms with van der Waals surface area (Å²) in [5.41, 5.74) is 1.90. The second-order valence-electron chi connectivity index (χ2n) is 8.02. The van der Waals surface area contributed by atoms with Gasteiger partial charge in [-0.05, 0) is 36.6 Å². The van der Waals surface area contributed by atoms with Crippen LogP contribution in [0.1, 0.15) is 35.3 Å². The number of rotatable bonds is 5. The van der Waals surface area contributed by atoms with Crippen molar-refractivity contribution in [3.8, 4) is 17.1 Å². The monoisotopic (exact) mass is 453 g/mol. The molecular formula is C24H21F2N3O4. The lowest BCUT2D eigenvalue weighted by atomic mass is 10.1. The highest BCUT2D eigenvalue weighted by molar-refractivity contribution is 6.08. The van der Waals surface area contributed by atoms with E-state index in [0.717, 1.165) is 12.8 Å². The van der Waals surface area contributed by atoms with Crippen LogP contribution < -0.4 is 9.64 Å². The van der Waals surface area contributed by atoms with E-state index in [1.165, 1.54) is 23.4 Å². The molecule has 2 aliphatic rings. The third-order valence-electron chi connectivity index (χ3n) is 5.82. The molecule has 1 aliphatic carbocycles. The molecule has 1 fully saturated rings. The highest BCUT2D eigenvalue weighted by atomic mass is 19.3. The lowest BCUT2D eigenvalue weighted by Crippen LogP contribution is -2.41. The molecule has 33 heavy (non-hydrogen) atoms. The standard InChI is InChI=1S/C24H21F2N3O4/c25-24(26)33-18-8-9-19-16(12-18)13-29(17-6-7-17)20(30)10-11-28(19)23(31)21-22(32-14-27-21)15-4-2-1-3-5-15/h1-5,8-9,12,14,17,24H,6-7,10-11,13H2. The summed E-state index contributed by atoms with van der Waals surface area (Å²) in [4.78, 5) is 33.8. The van der Waals surface area contributed by atoms with Crippen LogP contribution in [0.5, 0.6) is 5.75 Å². The lowest BCUT2D eigenvalue weighted by Gasteiger charge is -2.32. The number of ether oxygens (including phenoxy) is 1. The first-order chi connectivity index (χ1) is 16.0. The molecule has 0 N–H and O–H groups in total. The predicted molar refractivity (Wildman–Crippen MR) is 115 cm³/mol. The molecule has 0 radical (unpaired) electrons. The van der Waals surface area contributed by atoms with Crippen molar-refractivity contribution in [2.24, 2.45) is 0 Å². The maximum absolute atomic E-state index is 13.6. The fourth-order valence-electron chi connectivity index (χ4n) is 4.12. The fourth-order valence-corrected chi connectivity index (χ4v) is 4.12. The zero-order chi connectivity index (χ0) is 22.9. The average Bonchev–Trinajstić information content (AvgIpc) is 3.52. The first-order valence-corrected chi connectivity index (χ1v) is 10.7. The highest BCUT2D eigenvalue weighted by Crippen LogP contribution is 2.36. The average molecular weight is 453 g/mol. The van der Waals surface area contributed by atoms with Gasteiger partial charge in [0, 0.05) is 36.8 Å². The SMILES string of the molecule is O=C(c1ncoc1-c1ccccc1)N1CCC(=O)N(C2CC2)Cc2cc(OC(F)F)ccc21. The van der Waals surface area contributed by atoms with Crippen molar-refractivity contribution >= 4 is 17.5 Å². The van der Waals surface area contributed by atoms with Crippen molar-refractivity contribution in [1.29, 1.82) is 0 Å². The van der Waals surface area contributed by atoms with Gasteiger partial charge in [0.15, 0.2) is 17.8 Å². The van der Waals surface area contributed by atoms with E-state index in [1.807, 2.05) is 30.3 Å². The summed E-state index contributed by atoms with van der Waals surface area (Å²) >= 11 is 0. The van der Waals surface area contributed by atoms with Gasteiger partial charge >= 0.3 is 6.61 Å². The van der Waals surface area contributed by atoms with Gasteiger partial charge in [-0.15, -0.1) is 0 Å². The Morgan fingerprint density at radius 2 is 1.94 bits per heavy atom. The molecule has 2 heterocycles. The normalized spacial score (nSPS) is 16.4. The van der Waals surface area contributed by atoms with Gasteiger partial charge in [0.05, 0.1) is 0 Å². The van der Waals surface area contributed by atoms with E-state index in [9.17, 15) is 18.4 Å². The van der Waals surface area contributed by atoms with Crippen LogP contribution in [0.25, 0.3) is 11.3 Å². The van der Waals surface area contributed by atoms with Crippen LogP contribution in [0.4, 0.5) is 14.5 Å². The van der Waals surface area contributed by atoms with Crippen molar-refractivity contribution in [3.05, 3.63) is 66.2 Å². The summed E-state index contributed by atoms with van der Waals surface area (Å²) in [7, 11) is 0. The van der Waals surface area contributed by atoms with Crippen LogP contribution in [0.2, 0.25) is 0 Å². The Labute approximate surface area is 188 Å². The number of anilines is 1. The summed E-state index contributed by atoms with van der Waals surface area (Å²) in [6, 6.07) is 13.7. The Kier molecular flexibility index (Phi) is 5.53. The van der Waals surface area contributed by atoms with Crippen LogP contribution in [0, 0.1) is 0 Å². The van der Waals surface area contributed by atoms with Gasteiger partial charge < -0.3 is 19.0 Å². The molecule has 0 atom stereocenters. The van der Waals surface area contributed by atoms with E-state index in [1.54, 1.807) is 11.0 Å². The van der Waals surface area contributed by atoms with Crippen LogP contribution >= 0.6 is 0 Å². The molecule has 1 aromatic heterocycles. The van der Waals surface area contributed by atoms with E-state index < -0.39 is 12.5 Å². The molecule has 170 valence electrons. The molecule has 2 amide bonds. The summed E-state index contributed by atoms with van der Waals surface area (Å²) in [5.74, 6) is -0.206. The number of nitrogens with zero attached hydrogens (tertiary/aromatic N) is 3. The van der Waals surface area contributed by atoms with E-state index >= 15 is 0 Å². The maximum atomic E-state index is 13.6. The molecule has 7 nitrogen and oxygen atoms in total. The second kappa shape index (κ2) is 8.65. The number of fused-ring (bicyclic) bond motifs is 1. The Morgan fingerprint density at radius 3 is 2.67 bits per heavy atom. The van der Waals surface area contributed by atoms with Gasteiger partial charge in [-0.2, -0.15) is 8.78 Å². The molecule has 0 spiro atoms. The Morgan fingerprint density at radius 1 is 1.15 bits per heavy atom. The number of carbonyl (C=O) groups is 2. The Balaban J connectivity index is 1.54. The summed E-state index contributed by atoms with van der Waals surface area (Å²) in [6.07, 6.45) is 3.18. The topological polar surface area (TPSA) is 75.9 Å². The summed E-state index contributed by atoms with van der Waals surface area (Å²) < 4.78 is 35.7. The minimum Gasteiger partial charge on any atom is -0.443 e. The molecule has 5 rings (SSSR count). The third-order valence-corrected chi connectivity index (χ3v) is 5.82. The summed E-state index contributed by atoms with van der Waals surface area (Å²) in [5, 5.41) is 0. The molecular weight excluding hydrogens is 432 g/mol. The molecule has 0 bridgehead atoms. The largest absolute Gasteiger partial charge is 0.443 e. The first kappa shape index (κ1) is 21.1. The van der Waals surface area contributed by atoms with Crippen LogP contribution in [-0.2, 0) is 11.3 Å². The van der Waals surface area contributed by atoms with Crippen LogP contribution in [0.15, 0.2) is 59.3 Å². The minimum absolute atomic E-state index is 0.0219. The predicted octanol–water partition coefficient (Wildman–Crippen LogP) is 4.48. The zero-order valence-corrected chi connectivity index (χ0v) is 17.6. The van der Waals surface area contributed by atoms with E-state index in [-0.39, 0.29) is 42.9 Å². The number of carbonyl (C=O) groups excluding carboxylic acids is 2. The number of hydrogen-bond donors (Lipinski definition) is 0. The highest BCUT2D eigenvalue weighted by Gasteiger charge is 2.36. The molecule has 0 saturated heterocycles. The minimum atomic E-state index is -2.97. The number of halogens is 2. The van der Waals surface area contributed by atoms with E-state index in [2.05, 4.69) is 9.72 Å². The van der Waals surface area contributed by atoms with E-state index in [4.69, 9.17) is 4.42 Å². The number of aromatic nitrogens is 1. The van der Waals surface area contributed by atoms with Gasteiger partial charge in [-0.1, -0.05) is 30.3 Å². The number of benzene rings is 2. The third kappa shape index (κ3) is 4.30. The quantitative estimate of drug-likeness (QED) is 0.569. The number of alkyl halides is 2. The van der Waals surface area contributed by atoms with Gasteiger partial charge in [-0.25, -0.2) is 4.98 Å². The van der Waals surface area contributed by atoms with Gasteiger partial charge in [0.1, 0.15) is 5.75 Å². The Bertz CT molecular complexity index is 1180. The molecule has 1 saturated carbocycles. The number of hydrogen-bond acceptors (Lipinski definition) is 5. The number of oxazole rings is 1.